The molecule has 3 aromatic rings. The van der Waals surface area contributed by atoms with E-state index in [9.17, 15) is 0 Å². The van der Waals surface area contributed by atoms with Gasteiger partial charge in [0.25, 0.3) is 0 Å². The van der Waals surface area contributed by atoms with E-state index >= 15 is 0 Å². The van der Waals surface area contributed by atoms with Crippen LogP contribution in [0, 0.1) is 0 Å². The van der Waals surface area contributed by atoms with Gasteiger partial charge in [0.05, 0.1) is 17.2 Å². The Bertz CT molecular complexity index is 909. The third kappa shape index (κ3) is 5.63. The van der Waals surface area contributed by atoms with Gasteiger partial charge in [-0.3, -0.25) is 4.98 Å². The normalized spacial score (nSPS) is 15.1. The number of hydrogen-bond acceptors (Lipinski definition) is 5. The Kier molecular flexibility index (Phi) is 7.54. The lowest BCUT2D eigenvalue weighted by Crippen LogP contribution is -2.41. The Morgan fingerprint density at radius 1 is 1.00 bits per heavy atom. The van der Waals surface area contributed by atoms with Crippen molar-refractivity contribution in [2.24, 2.45) is 0 Å². The number of imidazole rings is 1. The number of benzene rings is 1. The van der Waals surface area contributed by atoms with Crippen LogP contribution in [0.15, 0.2) is 42.7 Å². The monoisotopic (exact) mass is 420 g/mol. The third-order valence-electron chi connectivity index (χ3n) is 6.48. The molecule has 1 N–H and O–H groups in total. The second-order valence-electron chi connectivity index (χ2n) is 8.44. The SMILES string of the molecule is CCN(CC)CCN(CCN1CCCCC1)c1cccc(-c2nc3ccncc3[nH]2)c1. The van der Waals surface area contributed by atoms with Crippen LogP contribution in [0.1, 0.15) is 33.1 Å². The first-order valence-electron chi connectivity index (χ1n) is 11.9. The maximum atomic E-state index is 4.77. The number of hydrogen-bond donors (Lipinski definition) is 1. The van der Waals surface area contributed by atoms with Gasteiger partial charge >= 0.3 is 0 Å². The van der Waals surface area contributed by atoms with E-state index in [4.69, 9.17) is 4.98 Å². The number of aromatic nitrogens is 3. The summed E-state index contributed by atoms with van der Waals surface area (Å²) in [6.07, 6.45) is 7.70. The van der Waals surface area contributed by atoms with Crippen molar-refractivity contribution in [1.29, 1.82) is 0 Å². The maximum absolute atomic E-state index is 4.77. The van der Waals surface area contributed by atoms with Crippen molar-refractivity contribution >= 4 is 16.7 Å². The van der Waals surface area contributed by atoms with E-state index in [1.807, 2.05) is 12.3 Å². The van der Waals surface area contributed by atoms with E-state index in [0.29, 0.717) is 0 Å². The summed E-state index contributed by atoms with van der Waals surface area (Å²) >= 11 is 0. The molecule has 2 aromatic heterocycles. The summed E-state index contributed by atoms with van der Waals surface area (Å²) in [6.45, 7) is 13.5. The van der Waals surface area contributed by atoms with E-state index < -0.39 is 0 Å². The van der Waals surface area contributed by atoms with Gasteiger partial charge in [0.2, 0.25) is 0 Å². The van der Waals surface area contributed by atoms with Crippen LogP contribution in [0.3, 0.4) is 0 Å². The Balaban J connectivity index is 1.53. The van der Waals surface area contributed by atoms with Crippen LogP contribution < -0.4 is 4.90 Å². The molecule has 0 unspecified atom stereocenters. The predicted octanol–water partition coefficient (Wildman–Crippen LogP) is 4.26. The molecule has 0 saturated carbocycles. The first-order valence-corrected chi connectivity index (χ1v) is 11.9. The minimum atomic E-state index is 0.907. The number of fused-ring (bicyclic) bond motifs is 1. The van der Waals surface area contributed by atoms with Crippen LogP contribution in [0.2, 0.25) is 0 Å². The third-order valence-corrected chi connectivity index (χ3v) is 6.48. The molecule has 0 amide bonds. The zero-order valence-corrected chi connectivity index (χ0v) is 19.1. The van der Waals surface area contributed by atoms with Crippen molar-refractivity contribution in [3.05, 3.63) is 42.7 Å². The zero-order valence-electron chi connectivity index (χ0n) is 19.1. The molecule has 166 valence electrons. The van der Waals surface area contributed by atoms with Crippen LogP contribution in [-0.4, -0.2) is 77.1 Å². The highest BCUT2D eigenvalue weighted by molar-refractivity contribution is 5.79. The smallest absolute Gasteiger partial charge is 0.138 e. The molecule has 6 nitrogen and oxygen atoms in total. The molecule has 31 heavy (non-hydrogen) atoms. The molecule has 0 radical (unpaired) electrons. The van der Waals surface area contributed by atoms with Gasteiger partial charge < -0.3 is 19.7 Å². The fourth-order valence-electron chi connectivity index (χ4n) is 4.46. The van der Waals surface area contributed by atoms with Crippen molar-refractivity contribution in [3.8, 4) is 11.4 Å². The molecule has 3 heterocycles. The number of rotatable bonds is 10. The van der Waals surface area contributed by atoms with Crippen molar-refractivity contribution in [3.63, 3.8) is 0 Å². The van der Waals surface area contributed by atoms with Gasteiger partial charge in [-0.15, -0.1) is 0 Å². The second kappa shape index (κ2) is 10.7. The van der Waals surface area contributed by atoms with Gasteiger partial charge in [0, 0.05) is 43.6 Å². The van der Waals surface area contributed by atoms with E-state index in [0.717, 1.165) is 61.7 Å². The van der Waals surface area contributed by atoms with Crippen LogP contribution >= 0.6 is 0 Å². The summed E-state index contributed by atoms with van der Waals surface area (Å²) < 4.78 is 0. The van der Waals surface area contributed by atoms with Crippen LogP contribution in [0.4, 0.5) is 5.69 Å². The molecule has 1 saturated heterocycles. The lowest BCUT2D eigenvalue weighted by molar-refractivity contribution is 0.231. The number of piperidine rings is 1. The summed E-state index contributed by atoms with van der Waals surface area (Å²) in [7, 11) is 0. The molecular formula is C25H36N6. The predicted molar refractivity (Wildman–Crippen MR) is 130 cm³/mol. The van der Waals surface area contributed by atoms with Gasteiger partial charge in [0.15, 0.2) is 0 Å². The molecule has 0 bridgehead atoms. The van der Waals surface area contributed by atoms with Gasteiger partial charge in [-0.2, -0.15) is 0 Å². The molecule has 1 aromatic carbocycles. The highest BCUT2D eigenvalue weighted by atomic mass is 15.2. The Morgan fingerprint density at radius 3 is 2.61 bits per heavy atom. The lowest BCUT2D eigenvalue weighted by Gasteiger charge is -2.32. The lowest BCUT2D eigenvalue weighted by atomic mass is 10.1. The number of nitrogens with zero attached hydrogens (tertiary/aromatic N) is 5. The number of likely N-dealkylation sites (N-methyl/N-ethyl adjacent to an activating group) is 1. The molecular weight excluding hydrogens is 384 g/mol. The summed E-state index contributed by atoms with van der Waals surface area (Å²) in [6, 6.07) is 10.8. The number of nitrogens with one attached hydrogen (secondary N) is 1. The average molecular weight is 421 g/mol. The molecule has 6 heteroatoms. The number of pyridine rings is 1. The molecule has 1 aliphatic rings. The van der Waals surface area contributed by atoms with Crippen LogP contribution in [0.5, 0.6) is 0 Å². The van der Waals surface area contributed by atoms with Crippen molar-refractivity contribution < 1.29 is 0 Å². The molecule has 1 fully saturated rings. The Hall–Kier alpha value is -2.44. The quantitative estimate of drug-likeness (QED) is 0.531. The second-order valence-corrected chi connectivity index (χ2v) is 8.44. The first kappa shape index (κ1) is 21.8. The summed E-state index contributed by atoms with van der Waals surface area (Å²) in [5, 5.41) is 0. The van der Waals surface area contributed by atoms with Crippen molar-refractivity contribution in [1.82, 2.24) is 24.8 Å². The van der Waals surface area contributed by atoms with E-state index in [1.54, 1.807) is 6.20 Å². The first-order chi connectivity index (χ1) is 15.3. The fraction of sp³-hybridized carbons (Fsp3) is 0.520. The van der Waals surface area contributed by atoms with Gasteiger partial charge in [-0.1, -0.05) is 32.4 Å². The highest BCUT2D eigenvalue weighted by Gasteiger charge is 2.15. The van der Waals surface area contributed by atoms with Gasteiger partial charge in [-0.25, -0.2) is 4.98 Å². The molecule has 0 atom stereocenters. The minimum Gasteiger partial charge on any atom is -0.369 e. The van der Waals surface area contributed by atoms with E-state index in [2.05, 4.69) is 62.8 Å². The van der Waals surface area contributed by atoms with Crippen LogP contribution in [0.25, 0.3) is 22.4 Å². The zero-order chi connectivity index (χ0) is 21.5. The van der Waals surface area contributed by atoms with Gasteiger partial charge in [0.1, 0.15) is 5.82 Å². The molecule has 0 spiro atoms. The fourth-order valence-corrected chi connectivity index (χ4v) is 4.46. The average Bonchev–Trinajstić information content (AvgIpc) is 3.27. The highest BCUT2D eigenvalue weighted by Crippen LogP contribution is 2.25. The number of likely N-dealkylation sites (tertiary alicyclic amines) is 1. The maximum Gasteiger partial charge on any atom is 0.138 e. The standard InChI is InChI=1S/C25H36N6/c1-3-29(4-2)15-17-31(18-16-30-13-6-5-7-14-30)22-10-8-9-21(19-22)25-27-23-11-12-26-20-24(23)28-25/h8-12,19-20H,3-7,13-18H2,1-2H3,(H,27,28). The number of anilines is 1. The summed E-state index contributed by atoms with van der Waals surface area (Å²) in [5.41, 5.74) is 4.34. The van der Waals surface area contributed by atoms with E-state index in [-0.39, 0.29) is 0 Å². The number of H-pyrrole nitrogens is 1. The van der Waals surface area contributed by atoms with E-state index in [1.165, 1.54) is 38.0 Å². The Labute approximate surface area is 186 Å². The molecule has 4 rings (SSSR count). The largest absolute Gasteiger partial charge is 0.369 e. The summed E-state index contributed by atoms with van der Waals surface area (Å²) in [5.74, 6) is 0.907. The van der Waals surface area contributed by atoms with Crippen molar-refractivity contribution in [2.45, 2.75) is 33.1 Å². The van der Waals surface area contributed by atoms with Crippen molar-refractivity contribution in [2.75, 3.05) is 57.3 Å². The minimum absolute atomic E-state index is 0.907. The van der Waals surface area contributed by atoms with Crippen LogP contribution in [-0.2, 0) is 0 Å². The Morgan fingerprint density at radius 2 is 1.84 bits per heavy atom. The topological polar surface area (TPSA) is 51.3 Å². The number of aromatic amines is 1. The molecule has 0 aliphatic carbocycles. The molecule has 1 aliphatic heterocycles. The summed E-state index contributed by atoms with van der Waals surface area (Å²) in [4.78, 5) is 20.1. The van der Waals surface area contributed by atoms with Gasteiger partial charge in [-0.05, 0) is 57.2 Å².